The fourth-order valence-electron chi connectivity index (χ4n) is 2.25. The van der Waals surface area contributed by atoms with E-state index >= 15 is 0 Å². The molecule has 2 aromatic heterocycles. The molecule has 1 aromatic carbocycles. The number of benzene rings is 1. The van der Waals surface area contributed by atoms with Crippen LogP contribution in [0.4, 0.5) is 5.69 Å². The summed E-state index contributed by atoms with van der Waals surface area (Å²) in [5, 5.41) is 23.7. The van der Waals surface area contributed by atoms with Gasteiger partial charge in [-0.15, -0.1) is 0 Å². The highest BCUT2D eigenvalue weighted by Gasteiger charge is 2.18. The van der Waals surface area contributed by atoms with Crippen molar-refractivity contribution in [1.29, 1.82) is 5.26 Å². The molecule has 0 amide bonds. The van der Waals surface area contributed by atoms with E-state index in [1.165, 1.54) is 16.6 Å². The number of nitriles is 1. The fourth-order valence-corrected chi connectivity index (χ4v) is 2.76. The summed E-state index contributed by atoms with van der Waals surface area (Å²) in [4.78, 5) is 7.60. The molecule has 0 saturated carbocycles. The topological polar surface area (TPSA) is 78.6 Å². The van der Waals surface area contributed by atoms with Gasteiger partial charge in [-0.25, -0.2) is 14.3 Å². The molecule has 2 heterocycles. The Balaban J connectivity index is 2.40. The van der Waals surface area contributed by atoms with Crippen LogP contribution in [0.25, 0.3) is 16.6 Å². The van der Waals surface area contributed by atoms with E-state index in [0.717, 1.165) is 0 Å². The highest BCUT2D eigenvalue weighted by molar-refractivity contribution is 6.37. The number of rotatable bonds is 1. The second-order valence-electron chi connectivity index (χ2n) is 4.70. The van der Waals surface area contributed by atoms with Crippen molar-refractivity contribution in [3.05, 3.63) is 55.9 Å². The van der Waals surface area contributed by atoms with Crippen LogP contribution in [0.5, 0.6) is 5.75 Å². The van der Waals surface area contributed by atoms with Crippen LogP contribution in [0.1, 0.15) is 17.0 Å². The van der Waals surface area contributed by atoms with Gasteiger partial charge in [-0.05, 0) is 30.7 Å². The first-order valence-corrected chi connectivity index (χ1v) is 7.08. The second kappa shape index (κ2) is 5.44. The van der Waals surface area contributed by atoms with Crippen molar-refractivity contribution in [1.82, 2.24) is 14.6 Å². The van der Waals surface area contributed by atoms with Gasteiger partial charge in [-0.1, -0.05) is 23.2 Å². The zero-order valence-electron chi connectivity index (χ0n) is 11.7. The molecule has 0 fully saturated rings. The monoisotopic (exact) mass is 343 g/mol. The highest BCUT2D eigenvalue weighted by Crippen LogP contribution is 2.33. The number of hydrogen-bond donors (Lipinski definition) is 1. The third kappa shape index (κ3) is 2.35. The molecule has 0 atom stereocenters. The molecule has 1 N–H and O–H groups in total. The number of fused-ring (bicyclic) bond motifs is 1. The number of aryl methyl sites for hydroxylation is 1. The van der Waals surface area contributed by atoms with Crippen molar-refractivity contribution >= 4 is 40.6 Å². The highest BCUT2D eigenvalue weighted by atomic mass is 35.5. The third-order valence-corrected chi connectivity index (χ3v) is 3.79. The Hall–Kier alpha value is -2.80. The SMILES string of the molecule is [C-]#[N+]c1c(C#N)c2nc(C)nn2/c1=C/c1cc(Cl)c(O)c(Cl)c1. The average molecular weight is 344 g/mol. The molecule has 6 nitrogen and oxygen atoms in total. The molecule has 0 bridgehead atoms. The molecule has 0 unspecified atom stereocenters. The van der Waals surface area contributed by atoms with Gasteiger partial charge >= 0.3 is 0 Å². The molecular weight excluding hydrogens is 337 g/mol. The van der Waals surface area contributed by atoms with E-state index in [0.29, 0.717) is 22.4 Å². The van der Waals surface area contributed by atoms with Gasteiger partial charge in [0.05, 0.1) is 28.0 Å². The molecule has 23 heavy (non-hydrogen) atoms. The minimum atomic E-state index is -0.210. The van der Waals surface area contributed by atoms with Crippen LogP contribution in [0.2, 0.25) is 10.0 Å². The summed E-state index contributed by atoms with van der Waals surface area (Å²) < 4.78 is 1.44. The van der Waals surface area contributed by atoms with Crippen molar-refractivity contribution in [3.8, 4) is 11.8 Å². The van der Waals surface area contributed by atoms with Crippen molar-refractivity contribution in [2.24, 2.45) is 0 Å². The summed E-state index contributed by atoms with van der Waals surface area (Å²) in [6.07, 6.45) is 1.62. The van der Waals surface area contributed by atoms with Gasteiger partial charge in [-0.2, -0.15) is 10.4 Å². The van der Waals surface area contributed by atoms with Crippen molar-refractivity contribution < 1.29 is 5.11 Å². The lowest BCUT2D eigenvalue weighted by molar-refractivity contribution is 0.476. The summed E-state index contributed by atoms with van der Waals surface area (Å²) in [7, 11) is 0. The maximum Gasteiger partial charge on any atom is 0.233 e. The van der Waals surface area contributed by atoms with Gasteiger partial charge in [0.15, 0.2) is 11.4 Å². The van der Waals surface area contributed by atoms with Gasteiger partial charge in [0.2, 0.25) is 5.69 Å². The third-order valence-electron chi connectivity index (χ3n) is 3.21. The van der Waals surface area contributed by atoms with E-state index in [9.17, 15) is 10.4 Å². The predicted molar refractivity (Wildman–Crippen MR) is 85.6 cm³/mol. The lowest BCUT2D eigenvalue weighted by atomic mass is 10.2. The lowest BCUT2D eigenvalue weighted by Crippen LogP contribution is -2.10. The fraction of sp³-hybridized carbons (Fsp3) is 0.0667. The van der Waals surface area contributed by atoms with E-state index in [4.69, 9.17) is 29.8 Å². The van der Waals surface area contributed by atoms with Crippen LogP contribution in [0.15, 0.2) is 12.1 Å². The van der Waals surface area contributed by atoms with Crippen molar-refractivity contribution in [3.63, 3.8) is 0 Å². The number of phenolic OH excluding ortho intramolecular Hbond substituents is 1. The zero-order chi connectivity index (χ0) is 16.7. The normalized spacial score (nSPS) is 11.6. The summed E-state index contributed by atoms with van der Waals surface area (Å²) in [5.74, 6) is 0.280. The number of halogens is 2. The number of aromatic hydroxyl groups is 1. The quantitative estimate of drug-likeness (QED) is 0.689. The average Bonchev–Trinajstić information content (AvgIpc) is 3.00. The van der Waals surface area contributed by atoms with Crippen molar-refractivity contribution in [2.45, 2.75) is 6.92 Å². The minimum Gasteiger partial charge on any atom is -0.505 e. The molecule has 3 rings (SSSR count). The Bertz CT molecular complexity index is 1070. The van der Waals surface area contributed by atoms with Crippen LogP contribution in [0.3, 0.4) is 0 Å². The Morgan fingerprint density at radius 2 is 2.04 bits per heavy atom. The van der Waals surface area contributed by atoms with Gasteiger partial charge < -0.3 is 5.11 Å². The van der Waals surface area contributed by atoms with Gasteiger partial charge in [0.25, 0.3) is 0 Å². The Morgan fingerprint density at radius 3 is 2.61 bits per heavy atom. The van der Waals surface area contributed by atoms with Gasteiger partial charge in [0, 0.05) is 0 Å². The number of phenols is 1. The molecule has 0 saturated heterocycles. The van der Waals surface area contributed by atoms with E-state index in [1.54, 1.807) is 13.0 Å². The lowest BCUT2D eigenvalue weighted by Gasteiger charge is -2.01. The summed E-state index contributed by atoms with van der Waals surface area (Å²) >= 11 is 11.8. The van der Waals surface area contributed by atoms with Crippen LogP contribution >= 0.6 is 23.2 Å². The summed E-state index contributed by atoms with van der Waals surface area (Å²) in [6, 6.07) is 5.00. The number of hydrogen-bond acceptors (Lipinski definition) is 4. The molecule has 0 aliphatic heterocycles. The summed E-state index contributed by atoms with van der Waals surface area (Å²) in [5.41, 5.74) is 1.22. The van der Waals surface area contributed by atoms with E-state index in [1.807, 2.05) is 6.07 Å². The molecule has 0 aliphatic carbocycles. The van der Waals surface area contributed by atoms with Gasteiger partial charge in [0.1, 0.15) is 11.4 Å². The smallest absolute Gasteiger partial charge is 0.233 e. The maximum atomic E-state index is 9.62. The van der Waals surface area contributed by atoms with E-state index < -0.39 is 0 Å². The molecule has 0 aliphatic rings. The van der Waals surface area contributed by atoms with Crippen LogP contribution in [-0.2, 0) is 0 Å². The Morgan fingerprint density at radius 1 is 1.39 bits per heavy atom. The first kappa shape index (κ1) is 15.1. The van der Waals surface area contributed by atoms with Crippen LogP contribution in [0, 0.1) is 24.8 Å². The maximum absolute atomic E-state index is 9.62. The number of aromatic nitrogens is 3. The first-order chi connectivity index (χ1) is 11.0. The molecule has 0 spiro atoms. The van der Waals surface area contributed by atoms with E-state index in [-0.39, 0.29) is 27.0 Å². The Kier molecular flexibility index (Phi) is 3.57. The van der Waals surface area contributed by atoms with Crippen LogP contribution in [-0.4, -0.2) is 19.7 Å². The van der Waals surface area contributed by atoms with E-state index in [2.05, 4.69) is 14.9 Å². The first-order valence-electron chi connectivity index (χ1n) is 6.32. The molecule has 0 radical (unpaired) electrons. The molecule has 8 heteroatoms. The van der Waals surface area contributed by atoms with Crippen LogP contribution < -0.4 is 5.35 Å². The largest absolute Gasteiger partial charge is 0.505 e. The van der Waals surface area contributed by atoms with Crippen molar-refractivity contribution in [2.75, 3.05) is 0 Å². The number of nitrogens with zero attached hydrogens (tertiary/aromatic N) is 5. The second-order valence-corrected chi connectivity index (χ2v) is 5.52. The predicted octanol–water partition coefficient (Wildman–Crippen LogP) is 3.02. The molecule has 112 valence electrons. The zero-order valence-corrected chi connectivity index (χ0v) is 13.2. The standard InChI is InChI=1S/C15H7Cl2N5O/c1-7-20-15-9(6-18)13(19-2)12(22(15)21-7)5-8-3-10(16)14(23)11(17)4-8/h3-5,23H,1H3/b12-5+. The minimum absolute atomic E-state index is 0.0891. The van der Waals surface area contributed by atoms with Gasteiger partial charge in [-0.3, -0.25) is 0 Å². The molecular formula is C15H7Cl2N5O. The Labute approximate surface area is 140 Å². The summed E-state index contributed by atoms with van der Waals surface area (Å²) in [6.45, 7) is 9.03. The molecule has 3 aromatic rings.